The first-order valence-corrected chi connectivity index (χ1v) is 6.08. The number of thioether (sulfide) groups is 1. The first-order chi connectivity index (χ1) is 8.40. The summed E-state index contributed by atoms with van der Waals surface area (Å²) >= 11 is 1.52. The van der Waals surface area contributed by atoms with Gasteiger partial charge in [0.05, 0.1) is 12.7 Å². The number of rotatable bonds is 2. The van der Waals surface area contributed by atoms with E-state index in [1.807, 2.05) is 54.6 Å². The van der Waals surface area contributed by atoms with Gasteiger partial charge in [-0.25, -0.2) is 0 Å². The van der Waals surface area contributed by atoms with Crippen molar-refractivity contribution in [2.45, 2.75) is 4.90 Å². The lowest BCUT2D eigenvalue weighted by molar-refractivity contribution is 0.413. The molecule has 2 rings (SSSR count). The fraction of sp³-hybridized carbons (Fsp3) is 0.0667. The summed E-state index contributed by atoms with van der Waals surface area (Å²) in [6, 6.07) is 17.9. The molecule has 0 bridgehead atoms. The van der Waals surface area contributed by atoms with Gasteiger partial charge in [0.15, 0.2) is 0 Å². The lowest BCUT2D eigenvalue weighted by Gasteiger charge is -2.00. The molecule has 0 aromatic heterocycles. The van der Waals surface area contributed by atoms with Crippen LogP contribution in [-0.2, 0) is 0 Å². The van der Waals surface area contributed by atoms with Crippen LogP contribution in [0, 0.1) is 11.2 Å². The van der Waals surface area contributed by atoms with Crippen LogP contribution in [0.25, 0.3) is 0 Å². The molecule has 1 nitrogen and oxygen atoms in total. The van der Waals surface area contributed by atoms with Crippen molar-refractivity contribution < 1.29 is 4.74 Å². The van der Waals surface area contributed by atoms with Crippen LogP contribution >= 0.6 is 11.8 Å². The molecule has 0 amide bonds. The summed E-state index contributed by atoms with van der Waals surface area (Å²) in [4.78, 5) is 1.15. The van der Waals surface area contributed by atoms with Crippen LogP contribution in [0.2, 0.25) is 0 Å². The summed E-state index contributed by atoms with van der Waals surface area (Å²) in [6.07, 6.45) is 0. The van der Waals surface area contributed by atoms with E-state index in [2.05, 4.69) is 11.2 Å². The second-order valence-corrected chi connectivity index (χ2v) is 4.22. The lowest BCUT2D eigenvalue weighted by atomic mass is 10.2. The molecule has 0 N–H and O–H groups in total. The van der Waals surface area contributed by atoms with Gasteiger partial charge < -0.3 is 4.74 Å². The largest absolute Gasteiger partial charge is 0.495 e. The Bertz CT molecular complexity index is 538. The molecular formula is C15H12OS. The van der Waals surface area contributed by atoms with Crippen LogP contribution in [0.1, 0.15) is 5.56 Å². The van der Waals surface area contributed by atoms with E-state index in [1.54, 1.807) is 7.11 Å². The Balaban J connectivity index is 2.11. The summed E-state index contributed by atoms with van der Waals surface area (Å²) in [5.41, 5.74) is 0.915. The van der Waals surface area contributed by atoms with Crippen molar-refractivity contribution in [3.05, 3.63) is 60.2 Å². The predicted octanol–water partition coefficient (Wildman–Crippen LogP) is 3.80. The Hall–Kier alpha value is -1.85. The van der Waals surface area contributed by atoms with Gasteiger partial charge in [0.1, 0.15) is 5.75 Å². The van der Waals surface area contributed by atoms with Gasteiger partial charge in [-0.05, 0) is 41.3 Å². The van der Waals surface area contributed by atoms with Crippen molar-refractivity contribution in [1.29, 1.82) is 0 Å². The second kappa shape index (κ2) is 6.03. The van der Waals surface area contributed by atoms with Gasteiger partial charge in [0.2, 0.25) is 0 Å². The SMILES string of the molecule is COc1ccccc1C#CSc1ccccc1. The molecule has 0 fully saturated rings. The maximum Gasteiger partial charge on any atom is 0.134 e. The average Bonchev–Trinajstić information content (AvgIpc) is 2.40. The molecule has 2 aromatic rings. The Kier molecular flexibility index (Phi) is 4.12. The summed E-state index contributed by atoms with van der Waals surface area (Å²) in [7, 11) is 1.66. The van der Waals surface area contributed by atoms with E-state index >= 15 is 0 Å². The predicted molar refractivity (Wildman–Crippen MR) is 72.2 cm³/mol. The molecule has 0 aliphatic carbocycles. The van der Waals surface area contributed by atoms with Crippen molar-refractivity contribution in [2.75, 3.05) is 7.11 Å². The number of methoxy groups -OCH3 is 1. The molecule has 0 heterocycles. The van der Waals surface area contributed by atoms with Gasteiger partial charge in [-0.15, -0.1) is 0 Å². The molecule has 17 heavy (non-hydrogen) atoms. The minimum absolute atomic E-state index is 0.814. The molecule has 0 aliphatic rings. The molecule has 2 heteroatoms. The van der Waals surface area contributed by atoms with Crippen LogP contribution in [0.5, 0.6) is 5.75 Å². The van der Waals surface area contributed by atoms with Crippen LogP contribution in [-0.4, -0.2) is 7.11 Å². The fourth-order valence-electron chi connectivity index (χ4n) is 1.38. The first kappa shape index (κ1) is 11.6. The molecule has 2 aromatic carbocycles. The van der Waals surface area contributed by atoms with Crippen molar-refractivity contribution in [1.82, 2.24) is 0 Å². The molecule has 0 unspecified atom stereocenters. The minimum atomic E-state index is 0.814. The zero-order valence-corrected chi connectivity index (χ0v) is 10.3. The van der Waals surface area contributed by atoms with E-state index in [1.165, 1.54) is 11.8 Å². The number of benzene rings is 2. The smallest absolute Gasteiger partial charge is 0.134 e. The van der Waals surface area contributed by atoms with E-state index in [0.29, 0.717) is 0 Å². The van der Waals surface area contributed by atoms with Crippen LogP contribution in [0.15, 0.2) is 59.5 Å². The fourth-order valence-corrected chi connectivity index (χ4v) is 1.95. The van der Waals surface area contributed by atoms with Gasteiger partial charge in [-0.2, -0.15) is 0 Å². The summed E-state index contributed by atoms with van der Waals surface area (Å²) in [5.74, 6) is 3.91. The molecule has 0 saturated carbocycles. The van der Waals surface area contributed by atoms with Gasteiger partial charge in [0.25, 0.3) is 0 Å². The molecule has 0 saturated heterocycles. The first-order valence-electron chi connectivity index (χ1n) is 5.26. The highest BCUT2D eigenvalue weighted by Gasteiger charge is 1.96. The third-order valence-electron chi connectivity index (χ3n) is 2.20. The zero-order valence-electron chi connectivity index (χ0n) is 9.51. The maximum absolute atomic E-state index is 5.24. The monoisotopic (exact) mass is 240 g/mol. The van der Waals surface area contributed by atoms with Crippen molar-refractivity contribution in [3.8, 4) is 16.9 Å². The maximum atomic E-state index is 5.24. The second-order valence-electron chi connectivity index (χ2n) is 3.34. The van der Waals surface area contributed by atoms with Gasteiger partial charge in [0, 0.05) is 4.90 Å². The molecule has 0 aliphatic heterocycles. The highest BCUT2D eigenvalue weighted by atomic mass is 32.2. The zero-order chi connectivity index (χ0) is 11.9. The van der Waals surface area contributed by atoms with Crippen LogP contribution < -0.4 is 4.74 Å². The molecule has 0 radical (unpaired) electrons. The summed E-state index contributed by atoms with van der Waals surface area (Å²) in [5, 5.41) is 3.08. The normalized spacial score (nSPS) is 9.24. The summed E-state index contributed by atoms with van der Waals surface area (Å²) in [6.45, 7) is 0. The number of ether oxygens (including phenoxy) is 1. The van der Waals surface area contributed by atoms with Crippen molar-refractivity contribution in [2.24, 2.45) is 0 Å². The Morgan fingerprint density at radius 1 is 0.941 bits per heavy atom. The van der Waals surface area contributed by atoms with E-state index in [-0.39, 0.29) is 0 Å². The Morgan fingerprint density at radius 3 is 2.41 bits per heavy atom. The lowest BCUT2D eigenvalue weighted by Crippen LogP contribution is -1.85. The number of hydrogen-bond donors (Lipinski definition) is 0. The molecule has 0 spiro atoms. The highest BCUT2D eigenvalue weighted by Crippen LogP contribution is 2.18. The van der Waals surface area contributed by atoms with E-state index in [4.69, 9.17) is 4.74 Å². The van der Waals surface area contributed by atoms with Crippen molar-refractivity contribution in [3.63, 3.8) is 0 Å². The van der Waals surface area contributed by atoms with Crippen LogP contribution in [0.3, 0.4) is 0 Å². The molecule has 84 valence electrons. The van der Waals surface area contributed by atoms with E-state index in [0.717, 1.165) is 16.2 Å². The van der Waals surface area contributed by atoms with Crippen LogP contribution in [0.4, 0.5) is 0 Å². The molecule has 0 atom stereocenters. The number of para-hydroxylation sites is 1. The van der Waals surface area contributed by atoms with Gasteiger partial charge >= 0.3 is 0 Å². The Labute approximate surface area is 106 Å². The van der Waals surface area contributed by atoms with Gasteiger partial charge in [-0.1, -0.05) is 36.3 Å². The van der Waals surface area contributed by atoms with Gasteiger partial charge in [-0.3, -0.25) is 0 Å². The number of hydrogen-bond acceptors (Lipinski definition) is 2. The third kappa shape index (κ3) is 3.30. The van der Waals surface area contributed by atoms with E-state index < -0.39 is 0 Å². The van der Waals surface area contributed by atoms with Crippen molar-refractivity contribution >= 4 is 11.8 Å². The quantitative estimate of drug-likeness (QED) is 0.583. The summed E-state index contributed by atoms with van der Waals surface area (Å²) < 4.78 is 5.24. The molecular weight excluding hydrogens is 228 g/mol. The topological polar surface area (TPSA) is 9.23 Å². The standard InChI is InChI=1S/C15H12OS/c1-16-15-10-6-5-7-13(15)11-12-17-14-8-3-2-4-9-14/h2-10H,1H3. The average molecular weight is 240 g/mol. The minimum Gasteiger partial charge on any atom is -0.495 e. The highest BCUT2D eigenvalue weighted by molar-refractivity contribution is 8.03. The third-order valence-corrected chi connectivity index (χ3v) is 2.92. The van der Waals surface area contributed by atoms with E-state index in [9.17, 15) is 0 Å². The Morgan fingerprint density at radius 2 is 1.65 bits per heavy atom.